The second-order valence-corrected chi connectivity index (χ2v) is 11.3. The zero-order valence-electron chi connectivity index (χ0n) is 23.8. The van der Waals surface area contributed by atoms with E-state index in [1.54, 1.807) is 0 Å². The van der Waals surface area contributed by atoms with E-state index >= 15 is 0 Å². The van der Waals surface area contributed by atoms with Crippen molar-refractivity contribution in [2.24, 2.45) is 0 Å². The van der Waals surface area contributed by atoms with Crippen LogP contribution in [0.5, 0.6) is 0 Å². The van der Waals surface area contributed by atoms with Crippen molar-refractivity contribution < 1.29 is 33.4 Å². The van der Waals surface area contributed by atoms with Gasteiger partial charge in [-0.3, -0.25) is 23.7 Å². The summed E-state index contributed by atoms with van der Waals surface area (Å²) in [4.78, 5) is 53.3. The van der Waals surface area contributed by atoms with Crippen LogP contribution in [-0.2, 0) is 29.8 Å². The molecule has 0 radical (unpaired) electrons. The Morgan fingerprint density at radius 2 is 1.98 bits per heavy atom. The number of nitrogens with one attached hydrogen (secondary N) is 3. The lowest BCUT2D eigenvalue weighted by Gasteiger charge is -2.19. The van der Waals surface area contributed by atoms with Gasteiger partial charge in [-0.25, -0.2) is 18.7 Å². The fourth-order valence-corrected chi connectivity index (χ4v) is 5.50. The quantitative estimate of drug-likeness (QED) is 0.116. The molecule has 0 bridgehead atoms. The first-order valence-corrected chi connectivity index (χ1v) is 14.8. The smallest absolute Gasteiger partial charge is 0.437 e. The highest BCUT2D eigenvalue weighted by Crippen LogP contribution is 2.45. The Hall–Kier alpha value is -4.19. The van der Waals surface area contributed by atoms with Crippen molar-refractivity contribution in [3.63, 3.8) is 0 Å². The number of aromatic nitrogens is 4. The minimum Gasteiger partial charge on any atom is -0.452 e. The third-order valence-electron chi connectivity index (χ3n) is 6.68. The van der Waals surface area contributed by atoms with Gasteiger partial charge >= 0.3 is 19.4 Å². The molecule has 15 nitrogen and oxygen atoms in total. The lowest BCUT2D eigenvalue weighted by atomic mass is 10.1. The number of carbonyl (C=O) groups excluding carboxylic acids is 1. The van der Waals surface area contributed by atoms with Crippen molar-refractivity contribution in [2.45, 2.75) is 44.6 Å². The van der Waals surface area contributed by atoms with E-state index in [-0.39, 0.29) is 30.8 Å². The monoisotopic (exact) mass is 616 g/mol. The van der Waals surface area contributed by atoms with Gasteiger partial charge in [0.15, 0.2) is 6.61 Å². The number of benzene rings is 1. The summed E-state index contributed by atoms with van der Waals surface area (Å²) in [5, 5.41) is 16.6. The molecular formula is C27H33N6O9P. The summed E-state index contributed by atoms with van der Waals surface area (Å²) in [5.74, 6) is 4.97. The first-order chi connectivity index (χ1) is 20.5. The van der Waals surface area contributed by atoms with Crippen LogP contribution in [0, 0.1) is 18.8 Å². The van der Waals surface area contributed by atoms with Gasteiger partial charge in [-0.1, -0.05) is 11.8 Å². The molecule has 3 aromatic rings. The first-order valence-electron chi connectivity index (χ1n) is 13.3. The standard InChI is InChI=1S/C27H33N6O9P/c1-17-30-8-9-33(17)43(38,39)41-16-23-22(34)14-24(42-23)32-15-19(26(36)31-27(32)37)5-4-10-40-25(35)7-6-18-11-20(28-2)13-21(12-18)29-3/h8-9,11-13,15,22-24,28-29,34H,6-7,10,14,16H2,1-3H3,(H,38,39)(H,31,36,37)/t22-,23-,24-/m1/s1. The van der Waals surface area contributed by atoms with Crippen LogP contribution in [0.1, 0.15) is 36.0 Å². The second kappa shape index (κ2) is 13.9. The SMILES string of the molecule is CNc1cc(CCC(=O)OCC#Cc2cn([C@H]3C[C@@H](O)[C@@H](COP(=O)(O)n4ccnc4C)O3)c(=O)[nH]c2=O)cc(NC)c1. The number of anilines is 2. The van der Waals surface area contributed by atoms with Gasteiger partial charge in [0.25, 0.3) is 5.56 Å². The highest BCUT2D eigenvalue weighted by atomic mass is 31.2. The van der Waals surface area contributed by atoms with Gasteiger partial charge in [0, 0.05) is 56.9 Å². The van der Waals surface area contributed by atoms with Crippen molar-refractivity contribution in [3.8, 4) is 11.8 Å². The lowest BCUT2D eigenvalue weighted by molar-refractivity contribution is -0.142. The molecular weight excluding hydrogens is 583 g/mol. The summed E-state index contributed by atoms with van der Waals surface area (Å²) in [6.07, 6.45) is 1.16. The molecule has 1 saturated heterocycles. The van der Waals surface area contributed by atoms with Crippen molar-refractivity contribution in [2.75, 3.05) is 37.9 Å². The molecule has 3 heterocycles. The average Bonchev–Trinajstić information content (AvgIpc) is 3.59. The van der Waals surface area contributed by atoms with Gasteiger partial charge in [-0.2, -0.15) is 0 Å². The number of hydrogen-bond donors (Lipinski definition) is 5. The highest BCUT2D eigenvalue weighted by Gasteiger charge is 2.38. The third kappa shape index (κ3) is 8.01. The van der Waals surface area contributed by atoms with E-state index < -0.39 is 50.0 Å². The minimum atomic E-state index is -4.29. The number of H-pyrrole nitrogens is 1. The number of esters is 1. The van der Waals surface area contributed by atoms with E-state index in [0.717, 1.165) is 25.8 Å². The first kappa shape index (κ1) is 31.7. The Morgan fingerprint density at radius 3 is 2.63 bits per heavy atom. The minimum absolute atomic E-state index is 0.0582. The summed E-state index contributed by atoms with van der Waals surface area (Å²) in [6, 6.07) is 5.81. The third-order valence-corrected chi connectivity index (χ3v) is 8.13. The number of imidazole rings is 1. The number of aromatic amines is 1. The van der Waals surface area contributed by atoms with Crippen LogP contribution in [0.15, 0.2) is 46.4 Å². The van der Waals surface area contributed by atoms with Gasteiger partial charge in [-0.15, -0.1) is 0 Å². The van der Waals surface area contributed by atoms with E-state index in [1.807, 2.05) is 32.3 Å². The number of hydrogen-bond acceptors (Lipinski definition) is 11. The van der Waals surface area contributed by atoms with Crippen molar-refractivity contribution in [3.05, 3.63) is 74.6 Å². The maximum absolute atomic E-state index is 12.5. The molecule has 1 aromatic carbocycles. The molecule has 1 aliphatic heterocycles. The molecule has 0 aliphatic carbocycles. The van der Waals surface area contributed by atoms with Crippen LogP contribution in [0.25, 0.3) is 0 Å². The number of ether oxygens (including phenoxy) is 2. The number of aliphatic hydroxyl groups is 1. The molecule has 1 unspecified atom stereocenters. The van der Waals surface area contributed by atoms with E-state index in [0.29, 0.717) is 6.42 Å². The van der Waals surface area contributed by atoms with Crippen molar-refractivity contribution in [1.29, 1.82) is 0 Å². The summed E-state index contributed by atoms with van der Waals surface area (Å²) in [6.45, 7) is 0.809. The van der Waals surface area contributed by atoms with Gasteiger partial charge in [0.2, 0.25) is 0 Å². The van der Waals surface area contributed by atoms with Crippen LogP contribution in [0.4, 0.5) is 11.4 Å². The van der Waals surface area contributed by atoms with Gasteiger partial charge in [0.05, 0.1) is 12.7 Å². The normalized spacial score (nSPS) is 19.2. The molecule has 5 N–H and O–H groups in total. The summed E-state index contributed by atoms with van der Waals surface area (Å²) < 4.78 is 30.6. The number of rotatable bonds is 11. The van der Waals surface area contributed by atoms with Crippen LogP contribution in [0.3, 0.4) is 0 Å². The molecule has 0 saturated carbocycles. The Bertz CT molecular complexity index is 1670. The van der Waals surface area contributed by atoms with E-state index in [9.17, 15) is 28.9 Å². The van der Waals surface area contributed by atoms with Crippen molar-refractivity contribution in [1.82, 2.24) is 18.9 Å². The predicted octanol–water partition coefficient (Wildman–Crippen LogP) is 0.966. The molecule has 4 atom stereocenters. The Balaban J connectivity index is 1.33. The molecule has 2 aromatic heterocycles. The topological polar surface area (TPSA) is 199 Å². The van der Waals surface area contributed by atoms with Crippen LogP contribution in [-0.4, -0.2) is 74.4 Å². The highest BCUT2D eigenvalue weighted by molar-refractivity contribution is 7.51. The van der Waals surface area contributed by atoms with Crippen LogP contribution in [0.2, 0.25) is 0 Å². The molecule has 0 spiro atoms. The molecule has 43 heavy (non-hydrogen) atoms. The zero-order valence-corrected chi connectivity index (χ0v) is 24.7. The molecule has 1 fully saturated rings. The lowest BCUT2D eigenvalue weighted by Crippen LogP contribution is -2.33. The molecule has 16 heteroatoms. The molecule has 4 rings (SSSR count). The number of carbonyl (C=O) groups is 1. The van der Waals surface area contributed by atoms with Crippen molar-refractivity contribution >= 4 is 25.1 Å². The Kier molecular flexibility index (Phi) is 10.2. The van der Waals surface area contributed by atoms with E-state index in [4.69, 9.17) is 14.0 Å². The molecule has 1 aliphatic rings. The summed E-state index contributed by atoms with van der Waals surface area (Å²) >= 11 is 0. The molecule has 0 amide bonds. The largest absolute Gasteiger partial charge is 0.452 e. The van der Waals surface area contributed by atoms with Gasteiger partial charge in [0.1, 0.15) is 23.7 Å². The Morgan fingerprint density at radius 1 is 1.26 bits per heavy atom. The Labute approximate surface area is 246 Å². The predicted molar refractivity (Wildman–Crippen MR) is 156 cm³/mol. The van der Waals surface area contributed by atoms with Gasteiger partial charge in [-0.05, 0) is 37.1 Å². The fraction of sp³-hybridized carbons (Fsp3) is 0.407. The molecule has 230 valence electrons. The second-order valence-electron chi connectivity index (χ2n) is 9.63. The van der Waals surface area contributed by atoms with Gasteiger partial charge < -0.3 is 30.1 Å². The maximum Gasteiger partial charge on any atom is 0.437 e. The van der Waals surface area contributed by atoms with E-state index in [1.165, 1.54) is 25.5 Å². The number of aryl methyl sites for hydroxylation is 2. The average molecular weight is 617 g/mol. The van der Waals surface area contributed by atoms with Crippen LogP contribution >= 0.6 is 7.75 Å². The summed E-state index contributed by atoms with van der Waals surface area (Å²) in [5.41, 5.74) is 1.12. The fourth-order valence-electron chi connectivity index (χ4n) is 4.39. The summed E-state index contributed by atoms with van der Waals surface area (Å²) in [7, 11) is -0.677. The zero-order chi connectivity index (χ0) is 31.1. The number of nitrogens with zero attached hydrogens (tertiary/aromatic N) is 3. The number of aliphatic hydroxyl groups excluding tert-OH is 1. The maximum atomic E-state index is 12.5. The van der Waals surface area contributed by atoms with Crippen LogP contribution < -0.4 is 21.9 Å². The van der Waals surface area contributed by atoms with E-state index in [2.05, 4.69) is 32.4 Å².